The Kier molecular flexibility index (Phi) is 5.34. The molecule has 0 fully saturated rings. The number of hydrogen-bond acceptors (Lipinski definition) is 6. The van der Waals surface area contributed by atoms with Gasteiger partial charge in [-0.05, 0) is 32.4 Å². The van der Waals surface area contributed by atoms with E-state index in [-0.39, 0.29) is 23.8 Å². The maximum absolute atomic E-state index is 12.2. The molecule has 0 spiro atoms. The van der Waals surface area contributed by atoms with E-state index >= 15 is 0 Å². The molecule has 0 aromatic carbocycles. The number of nitrogens with zero attached hydrogens (tertiary/aromatic N) is 1. The van der Waals surface area contributed by atoms with E-state index < -0.39 is 5.97 Å². The zero-order chi connectivity index (χ0) is 16.1. The highest BCUT2D eigenvalue weighted by Crippen LogP contribution is 2.36. The summed E-state index contributed by atoms with van der Waals surface area (Å²) in [5, 5.41) is 12.1. The van der Waals surface area contributed by atoms with Gasteiger partial charge in [-0.1, -0.05) is 0 Å². The van der Waals surface area contributed by atoms with Crippen molar-refractivity contribution in [3.8, 4) is 6.07 Å². The van der Waals surface area contributed by atoms with Crippen LogP contribution < -0.4 is 5.32 Å². The number of ether oxygens (including phenoxy) is 1. The molecule has 22 heavy (non-hydrogen) atoms. The fraction of sp³-hybridized carbons (Fsp3) is 0.438. The van der Waals surface area contributed by atoms with Gasteiger partial charge in [0.05, 0.1) is 6.61 Å². The Morgan fingerprint density at radius 1 is 1.50 bits per heavy atom. The summed E-state index contributed by atoms with van der Waals surface area (Å²) in [6.45, 7) is 4.03. The zero-order valence-electron chi connectivity index (χ0n) is 12.6. The van der Waals surface area contributed by atoms with E-state index in [1.807, 2.05) is 25.1 Å². The number of Topliss-reactive ketones (excluding diaryl/α,β-unsaturated/α-hetero) is 1. The average Bonchev–Trinajstić information content (AvgIpc) is 2.91. The van der Waals surface area contributed by atoms with Gasteiger partial charge in [0.2, 0.25) is 0 Å². The predicted octanol–water partition coefficient (Wildman–Crippen LogP) is 2.43. The smallest absolute Gasteiger partial charge is 0.325 e. The SMILES string of the molecule is CCOC(=O)CNC1=C(C#N)C(=O)C[C@H](c2ccc(C)s2)C1. The van der Waals surface area contributed by atoms with Crippen LogP contribution in [0.15, 0.2) is 23.4 Å². The number of carbonyl (C=O) groups is 2. The summed E-state index contributed by atoms with van der Waals surface area (Å²) in [7, 11) is 0. The van der Waals surface area contributed by atoms with Gasteiger partial charge < -0.3 is 10.1 Å². The lowest BCUT2D eigenvalue weighted by Crippen LogP contribution is -2.30. The molecule has 1 heterocycles. The second-order valence-corrected chi connectivity index (χ2v) is 6.42. The van der Waals surface area contributed by atoms with Gasteiger partial charge in [-0.3, -0.25) is 9.59 Å². The number of allylic oxidation sites excluding steroid dienone is 2. The number of thiophene rings is 1. The minimum atomic E-state index is -0.395. The molecule has 0 unspecified atom stereocenters. The molecule has 0 aliphatic heterocycles. The van der Waals surface area contributed by atoms with Crippen molar-refractivity contribution in [2.45, 2.75) is 32.6 Å². The fourth-order valence-corrected chi connectivity index (χ4v) is 3.45. The van der Waals surface area contributed by atoms with Crippen LogP contribution in [-0.2, 0) is 14.3 Å². The minimum absolute atomic E-state index is 0.0299. The molecule has 6 heteroatoms. The number of carbonyl (C=O) groups excluding carboxylic acids is 2. The molecule has 1 aromatic rings. The van der Waals surface area contributed by atoms with Crippen molar-refractivity contribution >= 4 is 23.1 Å². The van der Waals surface area contributed by atoms with Crippen LogP contribution in [0.25, 0.3) is 0 Å². The molecule has 1 aromatic heterocycles. The van der Waals surface area contributed by atoms with Gasteiger partial charge in [0, 0.05) is 27.8 Å². The maximum Gasteiger partial charge on any atom is 0.325 e. The molecular weight excluding hydrogens is 300 g/mol. The lowest BCUT2D eigenvalue weighted by molar-refractivity contribution is -0.141. The van der Waals surface area contributed by atoms with Gasteiger partial charge in [0.15, 0.2) is 5.78 Å². The normalized spacial score (nSPS) is 18.0. The summed E-state index contributed by atoms with van der Waals surface area (Å²) in [6, 6.07) is 6.01. The number of ketones is 1. The van der Waals surface area contributed by atoms with E-state index in [4.69, 9.17) is 4.74 Å². The van der Waals surface area contributed by atoms with Crippen LogP contribution in [0, 0.1) is 18.3 Å². The second kappa shape index (κ2) is 7.23. The van der Waals surface area contributed by atoms with Gasteiger partial charge in [-0.25, -0.2) is 0 Å². The lowest BCUT2D eigenvalue weighted by Gasteiger charge is -2.23. The number of nitriles is 1. The van der Waals surface area contributed by atoms with Gasteiger partial charge in [-0.2, -0.15) is 5.26 Å². The summed E-state index contributed by atoms with van der Waals surface area (Å²) in [4.78, 5) is 25.9. The lowest BCUT2D eigenvalue weighted by atomic mass is 9.85. The van der Waals surface area contributed by atoms with E-state index in [0.29, 0.717) is 25.1 Å². The van der Waals surface area contributed by atoms with Crippen LogP contribution in [0.2, 0.25) is 0 Å². The van der Waals surface area contributed by atoms with E-state index in [9.17, 15) is 14.9 Å². The Morgan fingerprint density at radius 3 is 2.86 bits per heavy atom. The first kappa shape index (κ1) is 16.2. The molecule has 1 N–H and O–H groups in total. The summed E-state index contributed by atoms with van der Waals surface area (Å²) in [5.41, 5.74) is 0.677. The fourth-order valence-electron chi connectivity index (χ4n) is 2.47. The van der Waals surface area contributed by atoms with E-state index in [0.717, 1.165) is 4.88 Å². The Morgan fingerprint density at radius 2 is 2.27 bits per heavy atom. The third-order valence-electron chi connectivity index (χ3n) is 3.49. The second-order valence-electron chi connectivity index (χ2n) is 5.10. The molecule has 1 aliphatic carbocycles. The van der Waals surface area contributed by atoms with Crippen molar-refractivity contribution in [2.24, 2.45) is 0 Å². The maximum atomic E-state index is 12.2. The first-order valence-electron chi connectivity index (χ1n) is 7.17. The molecule has 0 radical (unpaired) electrons. The van der Waals surface area contributed by atoms with Gasteiger partial charge >= 0.3 is 5.97 Å². The standard InChI is InChI=1S/C16H18N2O3S/c1-3-21-16(20)9-18-13-6-11(7-14(19)12(13)8-17)15-5-4-10(2)22-15/h4-5,11,18H,3,6-7,9H2,1-2H3/t11-/m1/s1. The molecule has 2 rings (SSSR count). The summed E-state index contributed by atoms with van der Waals surface area (Å²) >= 11 is 1.66. The minimum Gasteiger partial charge on any atom is -0.465 e. The molecule has 0 saturated carbocycles. The van der Waals surface area contributed by atoms with Gasteiger partial charge in [0.25, 0.3) is 0 Å². The topological polar surface area (TPSA) is 79.2 Å². The Hall–Kier alpha value is -2.13. The van der Waals surface area contributed by atoms with E-state index in [1.165, 1.54) is 4.88 Å². The first-order chi connectivity index (χ1) is 10.5. The highest BCUT2D eigenvalue weighted by Gasteiger charge is 2.29. The third-order valence-corrected chi connectivity index (χ3v) is 4.65. The molecular formula is C16H18N2O3S. The predicted molar refractivity (Wildman–Crippen MR) is 83.3 cm³/mol. The van der Waals surface area contributed by atoms with Crippen LogP contribution in [0.1, 0.15) is 35.4 Å². The van der Waals surface area contributed by atoms with Crippen LogP contribution >= 0.6 is 11.3 Å². The number of nitrogens with one attached hydrogen (secondary N) is 1. The highest BCUT2D eigenvalue weighted by atomic mass is 32.1. The van der Waals surface area contributed by atoms with E-state index in [1.54, 1.807) is 18.3 Å². The zero-order valence-corrected chi connectivity index (χ0v) is 13.5. The van der Waals surface area contributed by atoms with Crippen molar-refractivity contribution in [3.05, 3.63) is 33.2 Å². The summed E-state index contributed by atoms with van der Waals surface area (Å²) in [6.07, 6.45) is 0.904. The molecule has 1 atom stereocenters. The first-order valence-corrected chi connectivity index (χ1v) is 7.99. The molecule has 0 amide bonds. The van der Waals surface area contributed by atoms with Crippen LogP contribution in [0.3, 0.4) is 0 Å². The van der Waals surface area contributed by atoms with Gasteiger partial charge in [-0.15, -0.1) is 11.3 Å². The molecule has 5 nitrogen and oxygen atoms in total. The van der Waals surface area contributed by atoms with Crippen molar-refractivity contribution in [1.29, 1.82) is 5.26 Å². The Balaban J connectivity index is 2.15. The number of rotatable bonds is 5. The quantitative estimate of drug-likeness (QED) is 0.844. The van der Waals surface area contributed by atoms with E-state index in [2.05, 4.69) is 5.32 Å². The Labute approximate surface area is 133 Å². The summed E-state index contributed by atoms with van der Waals surface area (Å²) < 4.78 is 4.85. The third kappa shape index (κ3) is 3.74. The number of hydrogen-bond donors (Lipinski definition) is 1. The summed E-state index contributed by atoms with van der Waals surface area (Å²) in [5.74, 6) is -0.502. The van der Waals surface area contributed by atoms with Gasteiger partial charge in [0.1, 0.15) is 18.2 Å². The molecule has 116 valence electrons. The van der Waals surface area contributed by atoms with Crippen LogP contribution in [-0.4, -0.2) is 24.9 Å². The van der Waals surface area contributed by atoms with Crippen molar-refractivity contribution < 1.29 is 14.3 Å². The van der Waals surface area contributed by atoms with Crippen molar-refractivity contribution in [2.75, 3.05) is 13.2 Å². The largest absolute Gasteiger partial charge is 0.465 e. The van der Waals surface area contributed by atoms with Crippen LogP contribution in [0.4, 0.5) is 0 Å². The average molecular weight is 318 g/mol. The number of aryl methyl sites for hydroxylation is 1. The molecule has 1 aliphatic rings. The Bertz CT molecular complexity index is 655. The monoisotopic (exact) mass is 318 g/mol. The number of esters is 1. The highest BCUT2D eigenvalue weighted by molar-refractivity contribution is 7.12. The molecule has 0 saturated heterocycles. The van der Waals surface area contributed by atoms with Crippen LogP contribution in [0.5, 0.6) is 0 Å². The van der Waals surface area contributed by atoms with Crippen molar-refractivity contribution in [1.82, 2.24) is 5.32 Å². The molecule has 0 bridgehead atoms. The van der Waals surface area contributed by atoms with Crippen molar-refractivity contribution in [3.63, 3.8) is 0 Å².